The van der Waals surface area contributed by atoms with Gasteiger partial charge in [-0.15, -0.1) is 0 Å². The van der Waals surface area contributed by atoms with Crippen molar-refractivity contribution in [3.8, 4) is 0 Å². The summed E-state index contributed by atoms with van der Waals surface area (Å²) in [5.74, 6) is -0.675. The van der Waals surface area contributed by atoms with Crippen LogP contribution in [0.3, 0.4) is 0 Å². The molecule has 0 aliphatic heterocycles. The molecule has 0 amide bonds. The van der Waals surface area contributed by atoms with Crippen LogP contribution >= 0.6 is 0 Å². The fourth-order valence-corrected chi connectivity index (χ4v) is 2.66. The van der Waals surface area contributed by atoms with Gasteiger partial charge in [0.05, 0.1) is 10.8 Å². The first-order chi connectivity index (χ1) is 10.9. The molecular weight excluding hydrogens is 304 g/mol. The average molecular weight is 330 g/mol. The van der Waals surface area contributed by atoms with E-state index in [2.05, 4.69) is 0 Å². The van der Waals surface area contributed by atoms with Gasteiger partial charge in [0.25, 0.3) is 0 Å². The molecular formula is C20H26O4. The maximum Gasteiger partial charge on any atom is 0.143 e. The molecule has 0 saturated heterocycles. The van der Waals surface area contributed by atoms with Crippen molar-refractivity contribution in [1.82, 2.24) is 0 Å². The molecule has 1 aromatic rings. The van der Waals surface area contributed by atoms with Crippen LogP contribution in [-0.2, 0) is 32.0 Å². The molecule has 0 heterocycles. The zero-order valence-electron chi connectivity index (χ0n) is 15.4. The lowest BCUT2D eigenvalue weighted by Crippen LogP contribution is -2.36. The van der Waals surface area contributed by atoms with Crippen LogP contribution in [0.1, 0.15) is 52.7 Å². The van der Waals surface area contributed by atoms with Gasteiger partial charge in [0.1, 0.15) is 23.1 Å². The lowest BCUT2D eigenvalue weighted by atomic mass is 9.75. The number of hydrogen-bond acceptors (Lipinski definition) is 4. The topological polar surface area (TPSA) is 68.3 Å². The molecule has 4 heteroatoms. The Morgan fingerprint density at radius 1 is 0.708 bits per heavy atom. The van der Waals surface area contributed by atoms with Crippen molar-refractivity contribution in [2.24, 2.45) is 10.8 Å². The van der Waals surface area contributed by atoms with E-state index in [0.29, 0.717) is 12.8 Å². The average Bonchev–Trinajstić information content (AvgIpc) is 2.46. The highest BCUT2D eigenvalue weighted by atomic mass is 16.2. The van der Waals surface area contributed by atoms with E-state index in [1.54, 1.807) is 13.8 Å². The molecule has 0 radical (unpaired) electrons. The van der Waals surface area contributed by atoms with Crippen LogP contribution in [-0.4, -0.2) is 23.1 Å². The predicted octanol–water partition coefficient (Wildman–Crippen LogP) is 3.14. The van der Waals surface area contributed by atoms with Gasteiger partial charge in [-0.2, -0.15) is 0 Å². The van der Waals surface area contributed by atoms with Gasteiger partial charge in [-0.25, -0.2) is 0 Å². The second kappa shape index (κ2) is 7.20. The Kier molecular flexibility index (Phi) is 5.99. The molecule has 0 aliphatic carbocycles. The minimum atomic E-state index is -1.05. The van der Waals surface area contributed by atoms with Crippen molar-refractivity contribution >= 4 is 23.1 Å². The summed E-state index contributed by atoms with van der Waals surface area (Å²) in [5.41, 5.74) is -0.420. The van der Waals surface area contributed by atoms with Gasteiger partial charge in [0.2, 0.25) is 0 Å². The van der Waals surface area contributed by atoms with Gasteiger partial charge >= 0.3 is 0 Å². The quantitative estimate of drug-likeness (QED) is 0.687. The van der Waals surface area contributed by atoms with E-state index in [4.69, 9.17) is 0 Å². The number of benzene rings is 1. The maximum absolute atomic E-state index is 11.9. The molecule has 0 aliphatic rings. The predicted molar refractivity (Wildman–Crippen MR) is 92.8 cm³/mol. The van der Waals surface area contributed by atoms with E-state index in [9.17, 15) is 19.2 Å². The maximum atomic E-state index is 11.9. The molecule has 0 N–H and O–H groups in total. The summed E-state index contributed by atoms with van der Waals surface area (Å²) in [4.78, 5) is 47.6. The lowest BCUT2D eigenvalue weighted by molar-refractivity contribution is -0.138. The molecule has 1 rings (SSSR count). The summed E-state index contributed by atoms with van der Waals surface area (Å²) in [6.45, 7) is 9.00. The highest BCUT2D eigenvalue weighted by Crippen LogP contribution is 2.28. The summed E-state index contributed by atoms with van der Waals surface area (Å²) in [7, 11) is 0. The van der Waals surface area contributed by atoms with E-state index in [-0.39, 0.29) is 23.1 Å². The molecule has 0 unspecified atom stereocenters. The second-order valence-electron chi connectivity index (χ2n) is 7.06. The molecule has 0 spiro atoms. The molecule has 4 nitrogen and oxygen atoms in total. The summed E-state index contributed by atoms with van der Waals surface area (Å²) in [6, 6.07) is 7.40. The van der Waals surface area contributed by atoms with E-state index in [1.165, 1.54) is 27.7 Å². The van der Waals surface area contributed by atoms with Crippen molar-refractivity contribution in [1.29, 1.82) is 0 Å². The second-order valence-corrected chi connectivity index (χ2v) is 7.06. The normalized spacial score (nSPS) is 11.9. The Hall–Kier alpha value is -2.10. The van der Waals surface area contributed by atoms with E-state index in [0.717, 1.165) is 11.1 Å². The number of Topliss-reactive ketones (excluding diaryl/α,β-unsaturated/α-hetero) is 4. The van der Waals surface area contributed by atoms with Gasteiger partial charge in [0.15, 0.2) is 0 Å². The number of rotatable bonds is 8. The molecule has 0 fully saturated rings. The Morgan fingerprint density at radius 3 is 1.25 bits per heavy atom. The summed E-state index contributed by atoms with van der Waals surface area (Å²) in [6.07, 6.45) is 0.616. The van der Waals surface area contributed by atoms with Gasteiger partial charge in [0, 0.05) is 0 Å². The lowest BCUT2D eigenvalue weighted by Gasteiger charge is -2.25. The van der Waals surface area contributed by atoms with Crippen molar-refractivity contribution in [3.05, 3.63) is 35.4 Å². The van der Waals surface area contributed by atoms with Crippen molar-refractivity contribution in [3.63, 3.8) is 0 Å². The molecule has 0 atom stereocenters. The molecule has 1 aromatic carbocycles. The number of ketones is 4. The number of carbonyl (C=O) groups excluding carboxylic acids is 4. The molecule has 0 bridgehead atoms. The minimum absolute atomic E-state index is 0.169. The first kappa shape index (κ1) is 19.9. The first-order valence-electron chi connectivity index (χ1n) is 8.05. The standard InChI is InChI=1S/C20H26O4/c1-13(21)19(5,14(2)22)11-17-8-7-9-18(10-17)12-20(6,15(3)23)16(4)24/h7-10H,11-12H2,1-6H3. The zero-order chi connectivity index (χ0) is 18.7. The summed E-state index contributed by atoms with van der Waals surface area (Å²) < 4.78 is 0. The van der Waals surface area contributed by atoms with Crippen LogP contribution in [0, 0.1) is 10.8 Å². The molecule has 130 valence electrons. The van der Waals surface area contributed by atoms with Gasteiger partial charge < -0.3 is 0 Å². The van der Waals surface area contributed by atoms with Gasteiger partial charge in [-0.3, -0.25) is 19.2 Å². The minimum Gasteiger partial charge on any atom is -0.299 e. The third-order valence-electron chi connectivity index (χ3n) is 5.21. The largest absolute Gasteiger partial charge is 0.299 e. The van der Waals surface area contributed by atoms with E-state index in [1.807, 2.05) is 24.3 Å². The van der Waals surface area contributed by atoms with Crippen molar-refractivity contribution < 1.29 is 19.2 Å². The van der Waals surface area contributed by atoms with Crippen LogP contribution < -0.4 is 0 Å². The van der Waals surface area contributed by atoms with Crippen molar-refractivity contribution in [2.75, 3.05) is 0 Å². The van der Waals surface area contributed by atoms with Crippen LogP contribution in [0.15, 0.2) is 24.3 Å². The third kappa shape index (κ3) is 4.05. The van der Waals surface area contributed by atoms with Crippen LogP contribution in [0.25, 0.3) is 0 Å². The molecule has 24 heavy (non-hydrogen) atoms. The fourth-order valence-electron chi connectivity index (χ4n) is 2.66. The Bertz CT molecular complexity index is 601. The molecule has 0 aromatic heterocycles. The smallest absolute Gasteiger partial charge is 0.143 e. The number of hydrogen-bond donors (Lipinski definition) is 0. The van der Waals surface area contributed by atoms with Crippen LogP contribution in [0.4, 0.5) is 0 Å². The highest BCUT2D eigenvalue weighted by molar-refractivity contribution is 6.05. The van der Waals surface area contributed by atoms with Gasteiger partial charge in [-0.05, 0) is 65.5 Å². The van der Waals surface area contributed by atoms with E-state index >= 15 is 0 Å². The van der Waals surface area contributed by atoms with Crippen LogP contribution in [0.2, 0.25) is 0 Å². The SMILES string of the molecule is CC(=O)C(C)(Cc1cccc(CC(C)(C(C)=O)C(C)=O)c1)C(C)=O. The van der Waals surface area contributed by atoms with Crippen LogP contribution in [0.5, 0.6) is 0 Å². The zero-order valence-corrected chi connectivity index (χ0v) is 15.4. The Balaban J connectivity index is 3.16. The number of carbonyl (C=O) groups is 4. The van der Waals surface area contributed by atoms with Gasteiger partial charge in [-0.1, -0.05) is 24.3 Å². The fraction of sp³-hybridized carbons (Fsp3) is 0.500. The Labute approximate surface area is 143 Å². The first-order valence-corrected chi connectivity index (χ1v) is 8.05. The monoisotopic (exact) mass is 330 g/mol. The summed E-state index contributed by atoms with van der Waals surface area (Å²) >= 11 is 0. The molecule has 0 saturated carbocycles. The third-order valence-corrected chi connectivity index (χ3v) is 5.21. The van der Waals surface area contributed by atoms with Crippen molar-refractivity contribution in [2.45, 2.75) is 54.4 Å². The Morgan fingerprint density at radius 2 is 1.00 bits per heavy atom. The van der Waals surface area contributed by atoms with E-state index < -0.39 is 10.8 Å². The summed E-state index contributed by atoms with van der Waals surface area (Å²) in [5, 5.41) is 0. The highest BCUT2D eigenvalue weighted by Gasteiger charge is 2.37.